The molecule has 0 unspecified atom stereocenters. The minimum Gasteiger partial charge on any atom is -0.494 e. The second kappa shape index (κ2) is 7.81. The lowest BCUT2D eigenvalue weighted by molar-refractivity contribution is 0.410. The number of aryl methyl sites for hydroxylation is 2. The van der Waals surface area contributed by atoms with Crippen LogP contribution in [0.2, 0.25) is 0 Å². The zero-order chi connectivity index (χ0) is 19.5. The van der Waals surface area contributed by atoms with Gasteiger partial charge in [0, 0.05) is 5.56 Å². The van der Waals surface area contributed by atoms with Crippen LogP contribution in [0.1, 0.15) is 17.0 Å². The van der Waals surface area contributed by atoms with Crippen LogP contribution < -0.4 is 4.74 Å². The number of methoxy groups -OCH3 is 1. The molecule has 0 atom stereocenters. The maximum absolute atomic E-state index is 5.44. The number of hydrogen-bond acceptors (Lipinski definition) is 8. The first-order chi connectivity index (χ1) is 13.6. The summed E-state index contributed by atoms with van der Waals surface area (Å²) in [6.07, 6.45) is 0. The molecule has 4 aromatic rings. The lowest BCUT2D eigenvalue weighted by atomic mass is 10.1. The predicted octanol–water partition coefficient (Wildman–Crippen LogP) is 3.63. The molecule has 0 aliphatic rings. The Morgan fingerprint density at radius 3 is 2.79 bits per heavy atom. The summed E-state index contributed by atoms with van der Waals surface area (Å²) in [4.78, 5) is 4.47. The average molecular weight is 394 g/mol. The molecule has 0 aliphatic heterocycles. The zero-order valence-corrected chi connectivity index (χ0v) is 16.5. The zero-order valence-electron chi connectivity index (χ0n) is 15.7. The highest BCUT2D eigenvalue weighted by Gasteiger charge is 2.16. The molecule has 0 N–H and O–H groups in total. The smallest absolute Gasteiger partial charge is 0.257 e. The van der Waals surface area contributed by atoms with Crippen LogP contribution in [0.4, 0.5) is 0 Å². The first-order valence-electron chi connectivity index (χ1n) is 8.60. The number of aromatic nitrogens is 6. The van der Waals surface area contributed by atoms with Crippen molar-refractivity contribution in [1.82, 2.24) is 30.3 Å². The van der Waals surface area contributed by atoms with E-state index >= 15 is 0 Å². The van der Waals surface area contributed by atoms with Crippen LogP contribution in [0.15, 0.2) is 52.1 Å². The SMILES string of the molecule is COc1ccc(C)cc1-n1nnnc1SCc1noc(-c2cccc(C)c2)n1. The van der Waals surface area contributed by atoms with E-state index in [9.17, 15) is 0 Å². The van der Waals surface area contributed by atoms with E-state index in [1.54, 1.807) is 11.8 Å². The van der Waals surface area contributed by atoms with E-state index in [0.717, 1.165) is 22.4 Å². The van der Waals surface area contributed by atoms with Crippen LogP contribution in [0, 0.1) is 13.8 Å². The van der Waals surface area contributed by atoms with E-state index < -0.39 is 0 Å². The van der Waals surface area contributed by atoms with Crippen molar-refractivity contribution in [3.05, 3.63) is 59.4 Å². The Morgan fingerprint density at radius 2 is 1.96 bits per heavy atom. The van der Waals surface area contributed by atoms with E-state index in [-0.39, 0.29) is 0 Å². The first-order valence-corrected chi connectivity index (χ1v) is 9.58. The number of rotatable bonds is 6. The van der Waals surface area contributed by atoms with E-state index in [4.69, 9.17) is 9.26 Å². The molecular weight excluding hydrogens is 376 g/mol. The molecule has 8 nitrogen and oxygen atoms in total. The van der Waals surface area contributed by atoms with E-state index in [2.05, 4.69) is 25.7 Å². The molecule has 0 saturated carbocycles. The van der Waals surface area contributed by atoms with Crippen LogP contribution in [0.3, 0.4) is 0 Å². The molecule has 0 radical (unpaired) electrons. The topological polar surface area (TPSA) is 91.8 Å². The van der Waals surface area contributed by atoms with Crippen molar-refractivity contribution in [2.45, 2.75) is 24.8 Å². The van der Waals surface area contributed by atoms with Gasteiger partial charge >= 0.3 is 0 Å². The highest BCUT2D eigenvalue weighted by Crippen LogP contribution is 2.28. The molecule has 9 heteroatoms. The summed E-state index contributed by atoms with van der Waals surface area (Å²) in [5.41, 5.74) is 3.91. The van der Waals surface area contributed by atoms with Crippen molar-refractivity contribution in [1.29, 1.82) is 0 Å². The lowest BCUT2D eigenvalue weighted by Crippen LogP contribution is -2.02. The fourth-order valence-corrected chi connectivity index (χ4v) is 3.45. The maximum Gasteiger partial charge on any atom is 0.257 e. The predicted molar refractivity (Wildman–Crippen MR) is 104 cm³/mol. The molecule has 0 aliphatic carbocycles. The number of tetrazole rings is 1. The standard InChI is InChI=1S/C19H18N6O2S/c1-12-5-4-6-14(9-12)18-20-17(22-27-18)11-28-19-21-23-24-25(19)15-10-13(2)7-8-16(15)26-3/h4-10H,11H2,1-3H3. The Hall–Kier alpha value is -3.20. The summed E-state index contributed by atoms with van der Waals surface area (Å²) < 4.78 is 12.5. The van der Waals surface area contributed by atoms with E-state index in [1.807, 2.05) is 56.3 Å². The number of hydrogen-bond donors (Lipinski definition) is 0. The summed E-state index contributed by atoms with van der Waals surface area (Å²) in [5, 5.41) is 16.7. The molecule has 2 aromatic carbocycles. The average Bonchev–Trinajstić information content (AvgIpc) is 3.36. The Bertz CT molecular complexity index is 1110. The van der Waals surface area contributed by atoms with Gasteiger partial charge in [0.05, 0.1) is 12.9 Å². The molecule has 0 amide bonds. The van der Waals surface area contributed by atoms with Crippen LogP contribution in [0.5, 0.6) is 5.75 Å². The third kappa shape index (κ3) is 3.74. The molecule has 4 rings (SSSR count). The van der Waals surface area contributed by atoms with Crippen LogP contribution >= 0.6 is 11.8 Å². The second-order valence-electron chi connectivity index (χ2n) is 6.22. The summed E-state index contributed by atoms with van der Waals surface area (Å²) in [7, 11) is 1.62. The summed E-state index contributed by atoms with van der Waals surface area (Å²) in [6.45, 7) is 4.03. The van der Waals surface area contributed by atoms with Crippen molar-refractivity contribution in [3.8, 4) is 22.9 Å². The second-order valence-corrected chi connectivity index (χ2v) is 7.16. The molecule has 0 spiro atoms. The largest absolute Gasteiger partial charge is 0.494 e. The molecule has 2 aromatic heterocycles. The van der Waals surface area contributed by atoms with Gasteiger partial charge in [-0.2, -0.15) is 9.67 Å². The minimum absolute atomic E-state index is 0.476. The third-order valence-electron chi connectivity index (χ3n) is 4.07. The highest BCUT2D eigenvalue weighted by molar-refractivity contribution is 7.98. The number of nitrogens with zero attached hydrogens (tertiary/aromatic N) is 6. The van der Waals surface area contributed by atoms with Crippen molar-refractivity contribution in [3.63, 3.8) is 0 Å². The van der Waals surface area contributed by atoms with Crippen LogP contribution in [-0.2, 0) is 5.75 Å². The monoisotopic (exact) mass is 394 g/mol. The van der Waals surface area contributed by atoms with Gasteiger partial charge in [-0.15, -0.1) is 5.10 Å². The molecule has 0 fully saturated rings. The maximum atomic E-state index is 5.44. The van der Waals surface area contributed by atoms with E-state index in [1.165, 1.54) is 11.8 Å². The molecule has 0 saturated heterocycles. The van der Waals surface area contributed by atoms with Crippen LogP contribution in [0.25, 0.3) is 17.1 Å². The third-order valence-corrected chi connectivity index (χ3v) is 4.98. The summed E-state index contributed by atoms with van der Waals surface area (Å²) >= 11 is 1.42. The molecule has 2 heterocycles. The number of benzene rings is 2. The Balaban J connectivity index is 1.53. The Morgan fingerprint density at radius 1 is 1.11 bits per heavy atom. The van der Waals surface area contributed by atoms with Crippen molar-refractivity contribution >= 4 is 11.8 Å². The van der Waals surface area contributed by atoms with Gasteiger partial charge in [0.15, 0.2) is 5.82 Å². The van der Waals surface area contributed by atoms with Crippen molar-refractivity contribution < 1.29 is 9.26 Å². The molecule has 0 bridgehead atoms. The quantitative estimate of drug-likeness (QED) is 0.458. The van der Waals surface area contributed by atoms with Gasteiger partial charge in [0.25, 0.3) is 5.89 Å². The summed E-state index contributed by atoms with van der Waals surface area (Å²) in [6, 6.07) is 13.8. The van der Waals surface area contributed by atoms with Gasteiger partial charge in [-0.1, -0.05) is 40.7 Å². The molecular formula is C19H18N6O2S. The normalized spacial score (nSPS) is 11.0. The van der Waals surface area contributed by atoms with Gasteiger partial charge in [0.1, 0.15) is 11.4 Å². The fourth-order valence-electron chi connectivity index (χ4n) is 2.72. The van der Waals surface area contributed by atoms with Gasteiger partial charge in [-0.25, -0.2) is 0 Å². The molecule has 142 valence electrons. The van der Waals surface area contributed by atoms with Gasteiger partial charge in [-0.05, 0) is 54.1 Å². The minimum atomic E-state index is 0.476. The van der Waals surface area contributed by atoms with Crippen LogP contribution in [-0.4, -0.2) is 37.5 Å². The number of ether oxygens (including phenoxy) is 1. The molecule has 28 heavy (non-hydrogen) atoms. The fraction of sp³-hybridized carbons (Fsp3) is 0.211. The van der Waals surface area contributed by atoms with E-state index in [0.29, 0.717) is 28.4 Å². The highest BCUT2D eigenvalue weighted by atomic mass is 32.2. The summed E-state index contributed by atoms with van der Waals surface area (Å²) in [5.74, 6) is 2.25. The Labute approximate surface area is 165 Å². The first kappa shape index (κ1) is 18.2. The lowest BCUT2D eigenvalue weighted by Gasteiger charge is -2.09. The number of thioether (sulfide) groups is 1. The van der Waals surface area contributed by atoms with Crippen molar-refractivity contribution in [2.75, 3.05) is 7.11 Å². The van der Waals surface area contributed by atoms with Crippen molar-refractivity contribution in [2.24, 2.45) is 0 Å². The Kier molecular flexibility index (Phi) is 5.07. The van der Waals surface area contributed by atoms with Gasteiger partial charge in [0.2, 0.25) is 5.16 Å². The van der Waals surface area contributed by atoms with Gasteiger partial charge < -0.3 is 9.26 Å². The van der Waals surface area contributed by atoms with Gasteiger partial charge in [-0.3, -0.25) is 0 Å².